The van der Waals surface area contributed by atoms with Crippen molar-refractivity contribution in [2.45, 2.75) is 13.3 Å². The van der Waals surface area contributed by atoms with Crippen molar-refractivity contribution in [3.05, 3.63) is 59.8 Å². The number of hydrogen-bond donors (Lipinski definition) is 1. The van der Waals surface area contributed by atoms with Crippen LogP contribution >= 0.6 is 0 Å². The number of hydrogen-bond acceptors (Lipinski definition) is 3. The van der Waals surface area contributed by atoms with Crippen LogP contribution in [0, 0.1) is 12.7 Å². The van der Waals surface area contributed by atoms with Gasteiger partial charge >= 0.3 is 0 Å². The number of amides is 1. The second-order valence-corrected chi connectivity index (χ2v) is 4.78. The SMILES string of the molecule is Cc1cc2ncc(NC(=O)Cc3ccc(F)cc3)cn2n1. The highest BCUT2D eigenvalue weighted by molar-refractivity contribution is 5.92. The second kappa shape index (κ2) is 5.32. The van der Waals surface area contributed by atoms with E-state index >= 15 is 0 Å². The number of aromatic nitrogens is 3. The molecule has 3 rings (SSSR count). The molecular formula is C15H13FN4O. The van der Waals surface area contributed by atoms with E-state index in [0.29, 0.717) is 5.69 Å². The van der Waals surface area contributed by atoms with Gasteiger partial charge < -0.3 is 5.32 Å². The Labute approximate surface area is 120 Å². The third-order valence-electron chi connectivity index (χ3n) is 3.00. The van der Waals surface area contributed by atoms with Gasteiger partial charge in [0.1, 0.15) is 5.82 Å². The molecule has 0 fully saturated rings. The molecule has 0 unspecified atom stereocenters. The number of aryl methyl sites for hydroxylation is 1. The first-order valence-electron chi connectivity index (χ1n) is 6.46. The molecule has 2 aromatic heterocycles. The highest BCUT2D eigenvalue weighted by Crippen LogP contribution is 2.10. The number of fused-ring (bicyclic) bond motifs is 1. The van der Waals surface area contributed by atoms with Crippen LogP contribution in [0.2, 0.25) is 0 Å². The highest BCUT2D eigenvalue weighted by Gasteiger charge is 2.06. The van der Waals surface area contributed by atoms with Crippen LogP contribution in [0.25, 0.3) is 5.65 Å². The summed E-state index contributed by atoms with van der Waals surface area (Å²) in [6.45, 7) is 1.88. The fourth-order valence-corrected chi connectivity index (χ4v) is 2.05. The number of rotatable bonds is 3. The molecule has 21 heavy (non-hydrogen) atoms. The Morgan fingerprint density at radius 2 is 2.10 bits per heavy atom. The summed E-state index contributed by atoms with van der Waals surface area (Å²) in [6, 6.07) is 7.70. The van der Waals surface area contributed by atoms with E-state index in [1.165, 1.54) is 12.1 Å². The van der Waals surface area contributed by atoms with Gasteiger partial charge in [0.2, 0.25) is 5.91 Å². The maximum Gasteiger partial charge on any atom is 0.228 e. The van der Waals surface area contributed by atoms with Gasteiger partial charge in [0.25, 0.3) is 0 Å². The van der Waals surface area contributed by atoms with Crippen LogP contribution in [-0.2, 0) is 11.2 Å². The Kier molecular flexibility index (Phi) is 3.35. The molecule has 1 aromatic carbocycles. The lowest BCUT2D eigenvalue weighted by atomic mass is 10.1. The van der Waals surface area contributed by atoms with E-state index in [1.807, 2.05) is 13.0 Å². The van der Waals surface area contributed by atoms with Crippen LogP contribution in [0.15, 0.2) is 42.7 Å². The summed E-state index contributed by atoms with van der Waals surface area (Å²) in [7, 11) is 0. The molecule has 5 nitrogen and oxygen atoms in total. The summed E-state index contributed by atoms with van der Waals surface area (Å²) >= 11 is 0. The standard InChI is InChI=1S/C15H13FN4O/c1-10-6-14-17-8-13(9-20(14)19-10)18-15(21)7-11-2-4-12(16)5-3-11/h2-6,8-9H,7H2,1H3,(H,18,21). The van der Waals surface area contributed by atoms with Gasteiger partial charge in [0.15, 0.2) is 5.65 Å². The fourth-order valence-electron chi connectivity index (χ4n) is 2.05. The van der Waals surface area contributed by atoms with Gasteiger partial charge in [0, 0.05) is 6.07 Å². The Morgan fingerprint density at radius 1 is 1.33 bits per heavy atom. The quantitative estimate of drug-likeness (QED) is 0.803. The van der Waals surface area contributed by atoms with Crippen molar-refractivity contribution in [2.75, 3.05) is 5.32 Å². The van der Waals surface area contributed by atoms with Crippen molar-refractivity contribution in [3.63, 3.8) is 0 Å². The van der Waals surface area contributed by atoms with Crippen molar-refractivity contribution in [3.8, 4) is 0 Å². The molecule has 0 atom stereocenters. The highest BCUT2D eigenvalue weighted by atomic mass is 19.1. The van der Waals surface area contributed by atoms with Gasteiger partial charge in [-0.1, -0.05) is 12.1 Å². The molecule has 0 aliphatic carbocycles. The maximum atomic E-state index is 12.8. The summed E-state index contributed by atoms with van der Waals surface area (Å²) < 4.78 is 14.4. The predicted molar refractivity (Wildman–Crippen MR) is 76.5 cm³/mol. The number of carbonyl (C=O) groups excluding carboxylic acids is 1. The van der Waals surface area contributed by atoms with E-state index in [4.69, 9.17) is 0 Å². The zero-order valence-corrected chi connectivity index (χ0v) is 11.4. The molecule has 1 amide bonds. The minimum atomic E-state index is -0.317. The molecule has 0 spiro atoms. The van der Waals surface area contributed by atoms with Crippen molar-refractivity contribution in [2.24, 2.45) is 0 Å². The van der Waals surface area contributed by atoms with Crippen molar-refractivity contribution in [1.82, 2.24) is 14.6 Å². The third kappa shape index (κ3) is 3.05. The van der Waals surface area contributed by atoms with E-state index in [1.54, 1.807) is 29.0 Å². The minimum Gasteiger partial charge on any atom is -0.323 e. The van der Waals surface area contributed by atoms with Crippen LogP contribution in [-0.4, -0.2) is 20.5 Å². The number of halogens is 1. The van der Waals surface area contributed by atoms with E-state index in [9.17, 15) is 9.18 Å². The topological polar surface area (TPSA) is 59.3 Å². The number of nitrogens with one attached hydrogen (secondary N) is 1. The first-order chi connectivity index (χ1) is 10.1. The zero-order valence-electron chi connectivity index (χ0n) is 11.4. The number of carbonyl (C=O) groups is 1. The van der Waals surface area contributed by atoms with E-state index in [0.717, 1.165) is 16.9 Å². The Balaban J connectivity index is 1.71. The summed E-state index contributed by atoms with van der Waals surface area (Å²) in [5, 5.41) is 6.99. The Bertz CT molecular complexity index is 795. The van der Waals surface area contributed by atoms with Gasteiger partial charge in [-0.2, -0.15) is 5.10 Å². The normalized spacial score (nSPS) is 10.8. The van der Waals surface area contributed by atoms with Crippen LogP contribution in [0.5, 0.6) is 0 Å². The molecule has 1 N–H and O–H groups in total. The van der Waals surface area contributed by atoms with E-state index in [-0.39, 0.29) is 18.1 Å². The van der Waals surface area contributed by atoms with Gasteiger partial charge in [-0.25, -0.2) is 13.9 Å². The van der Waals surface area contributed by atoms with Crippen LogP contribution < -0.4 is 5.32 Å². The lowest BCUT2D eigenvalue weighted by Gasteiger charge is -2.05. The van der Waals surface area contributed by atoms with Gasteiger partial charge in [-0.05, 0) is 24.6 Å². The van der Waals surface area contributed by atoms with E-state index < -0.39 is 0 Å². The van der Waals surface area contributed by atoms with Crippen LogP contribution in [0.3, 0.4) is 0 Å². The molecule has 0 radical (unpaired) electrons. The monoisotopic (exact) mass is 284 g/mol. The average Bonchev–Trinajstić information content (AvgIpc) is 2.80. The molecule has 106 valence electrons. The summed E-state index contributed by atoms with van der Waals surface area (Å²) in [4.78, 5) is 16.2. The second-order valence-electron chi connectivity index (χ2n) is 4.78. The van der Waals surface area contributed by atoms with Crippen molar-refractivity contribution in [1.29, 1.82) is 0 Å². The molecule has 3 aromatic rings. The Morgan fingerprint density at radius 3 is 2.86 bits per heavy atom. The lowest BCUT2D eigenvalue weighted by Crippen LogP contribution is -2.15. The Hall–Kier alpha value is -2.76. The zero-order chi connectivity index (χ0) is 14.8. The lowest BCUT2D eigenvalue weighted by molar-refractivity contribution is -0.115. The fraction of sp³-hybridized carbons (Fsp3) is 0.133. The van der Waals surface area contributed by atoms with Gasteiger partial charge in [-0.3, -0.25) is 4.79 Å². The van der Waals surface area contributed by atoms with Crippen LogP contribution in [0.4, 0.5) is 10.1 Å². The molecular weight excluding hydrogens is 271 g/mol. The molecule has 0 aliphatic heterocycles. The third-order valence-corrected chi connectivity index (χ3v) is 3.00. The summed E-state index contributed by atoms with van der Waals surface area (Å²) in [5.41, 5.74) is 2.90. The largest absolute Gasteiger partial charge is 0.323 e. The van der Waals surface area contributed by atoms with Crippen molar-refractivity contribution < 1.29 is 9.18 Å². The maximum absolute atomic E-state index is 12.8. The molecule has 0 saturated carbocycles. The molecule has 0 bridgehead atoms. The predicted octanol–water partition coefficient (Wildman–Crippen LogP) is 2.36. The number of benzene rings is 1. The van der Waals surface area contributed by atoms with Gasteiger partial charge in [-0.15, -0.1) is 0 Å². The average molecular weight is 284 g/mol. The molecule has 2 heterocycles. The first-order valence-corrected chi connectivity index (χ1v) is 6.46. The number of nitrogens with zero attached hydrogens (tertiary/aromatic N) is 3. The summed E-state index contributed by atoms with van der Waals surface area (Å²) in [6.07, 6.45) is 3.47. The number of anilines is 1. The smallest absolute Gasteiger partial charge is 0.228 e. The summed E-state index contributed by atoms with van der Waals surface area (Å²) in [5.74, 6) is -0.505. The van der Waals surface area contributed by atoms with Crippen molar-refractivity contribution >= 4 is 17.2 Å². The molecule has 0 aliphatic rings. The first kappa shape index (κ1) is 13.2. The van der Waals surface area contributed by atoms with Gasteiger partial charge in [0.05, 0.1) is 30.2 Å². The molecule has 0 saturated heterocycles. The van der Waals surface area contributed by atoms with E-state index in [2.05, 4.69) is 15.4 Å². The minimum absolute atomic E-state index is 0.177. The van der Waals surface area contributed by atoms with Crippen LogP contribution in [0.1, 0.15) is 11.3 Å². The molecule has 6 heteroatoms.